The van der Waals surface area contributed by atoms with E-state index in [9.17, 15) is 5.11 Å². The van der Waals surface area contributed by atoms with E-state index in [1.54, 1.807) is 0 Å². The van der Waals surface area contributed by atoms with Crippen LogP contribution in [0.25, 0.3) is 0 Å². The molecule has 0 aliphatic rings. The summed E-state index contributed by atoms with van der Waals surface area (Å²) in [5.41, 5.74) is 0. The fraction of sp³-hybridized carbons (Fsp3) is 0.636. The Morgan fingerprint density at radius 1 is 1.44 bits per heavy atom. The molecule has 0 aliphatic carbocycles. The zero-order valence-corrected chi connectivity index (χ0v) is 12.6. The second-order valence-electron chi connectivity index (χ2n) is 4.22. The highest BCUT2D eigenvalue weighted by atomic mass is 79.9. The summed E-state index contributed by atoms with van der Waals surface area (Å²) >= 11 is 6.65. The second kappa shape index (κ2) is 6.79. The highest BCUT2D eigenvalue weighted by molar-refractivity contribution is 9.13. The zero-order chi connectivity index (χ0) is 12.1. The van der Waals surface area contributed by atoms with Gasteiger partial charge in [-0.15, -0.1) is 0 Å². The molecule has 0 aliphatic heterocycles. The van der Waals surface area contributed by atoms with Gasteiger partial charge in [-0.3, -0.25) is 0 Å². The minimum atomic E-state index is 0.127. The first-order valence-corrected chi connectivity index (χ1v) is 6.89. The lowest BCUT2D eigenvalue weighted by molar-refractivity contribution is 0.220. The molecule has 3 nitrogen and oxygen atoms in total. The minimum absolute atomic E-state index is 0.127. The van der Waals surface area contributed by atoms with E-state index in [-0.39, 0.29) is 12.6 Å². The van der Waals surface area contributed by atoms with Gasteiger partial charge in [0, 0.05) is 6.04 Å². The van der Waals surface area contributed by atoms with Crippen molar-refractivity contribution in [2.75, 3.05) is 6.61 Å². The molecule has 0 fully saturated rings. The van der Waals surface area contributed by atoms with Crippen molar-refractivity contribution in [1.29, 1.82) is 0 Å². The quantitative estimate of drug-likeness (QED) is 0.823. The van der Waals surface area contributed by atoms with Gasteiger partial charge < -0.3 is 14.8 Å². The molecule has 1 unspecified atom stereocenters. The van der Waals surface area contributed by atoms with E-state index in [1.807, 2.05) is 6.07 Å². The van der Waals surface area contributed by atoms with Crippen molar-refractivity contribution < 1.29 is 9.52 Å². The average Bonchev–Trinajstić information content (AvgIpc) is 2.53. The zero-order valence-electron chi connectivity index (χ0n) is 9.46. The summed E-state index contributed by atoms with van der Waals surface area (Å²) < 4.78 is 7.05. The summed E-state index contributed by atoms with van der Waals surface area (Å²) in [4.78, 5) is 0. The van der Waals surface area contributed by atoms with Gasteiger partial charge >= 0.3 is 0 Å². The van der Waals surface area contributed by atoms with E-state index < -0.39 is 0 Å². The van der Waals surface area contributed by atoms with Crippen molar-refractivity contribution in [1.82, 2.24) is 5.32 Å². The van der Waals surface area contributed by atoms with Gasteiger partial charge in [-0.05, 0) is 50.3 Å². The lowest BCUT2D eigenvalue weighted by Gasteiger charge is -2.17. The summed E-state index contributed by atoms with van der Waals surface area (Å²) in [6.07, 6.45) is 0.958. The van der Waals surface area contributed by atoms with E-state index >= 15 is 0 Å². The first-order valence-electron chi connectivity index (χ1n) is 5.31. The van der Waals surface area contributed by atoms with Crippen LogP contribution in [-0.4, -0.2) is 17.8 Å². The Bertz CT molecular complexity index is 306. The first kappa shape index (κ1) is 14.2. The Balaban J connectivity index is 2.43. The Kier molecular flexibility index (Phi) is 6.03. The van der Waals surface area contributed by atoms with Gasteiger partial charge in [0.05, 0.1) is 17.6 Å². The normalized spacial score (nSPS) is 13.4. The number of nitrogens with one attached hydrogen (secondary N) is 1. The predicted molar refractivity (Wildman–Crippen MR) is 71.3 cm³/mol. The number of halogens is 2. The van der Waals surface area contributed by atoms with Crippen LogP contribution < -0.4 is 5.32 Å². The van der Waals surface area contributed by atoms with Gasteiger partial charge in [0.15, 0.2) is 4.67 Å². The number of hydrogen-bond acceptors (Lipinski definition) is 3. The summed E-state index contributed by atoms with van der Waals surface area (Å²) in [7, 11) is 0. The van der Waals surface area contributed by atoms with Crippen LogP contribution in [0, 0.1) is 5.92 Å². The van der Waals surface area contributed by atoms with Crippen LogP contribution >= 0.6 is 31.9 Å². The third kappa shape index (κ3) is 4.57. The smallest absolute Gasteiger partial charge is 0.183 e. The van der Waals surface area contributed by atoms with Crippen molar-refractivity contribution >= 4 is 31.9 Å². The largest absolute Gasteiger partial charge is 0.452 e. The minimum Gasteiger partial charge on any atom is -0.452 e. The topological polar surface area (TPSA) is 45.4 Å². The molecular formula is C11H17Br2NO2. The standard InChI is InChI=1S/C11H17Br2NO2/c1-7(2)3-8(6-15)14-5-9-4-10(12)11(13)16-9/h4,7-8,14-15H,3,5-6H2,1-2H3. The molecule has 0 radical (unpaired) electrons. The molecule has 0 saturated carbocycles. The average molecular weight is 355 g/mol. The van der Waals surface area contributed by atoms with Crippen molar-refractivity contribution in [2.24, 2.45) is 5.92 Å². The van der Waals surface area contributed by atoms with Gasteiger partial charge in [0.25, 0.3) is 0 Å². The summed E-state index contributed by atoms with van der Waals surface area (Å²) in [5.74, 6) is 1.42. The molecule has 0 aromatic carbocycles. The van der Waals surface area contributed by atoms with E-state index in [1.165, 1.54) is 0 Å². The van der Waals surface area contributed by atoms with Gasteiger partial charge in [0.2, 0.25) is 0 Å². The first-order chi connectivity index (χ1) is 7.52. The molecule has 16 heavy (non-hydrogen) atoms. The van der Waals surface area contributed by atoms with Crippen molar-refractivity contribution in [3.05, 3.63) is 21.0 Å². The molecule has 0 bridgehead atoms. The lowest BCUT2D eigenvalue weighted by atomic mass is 10.0. The molecule has 0 saturated heterocycles. The molecule has 92 valence electrons. The molecule has 5 heteroatoms. The Morgan fingerprint density at radius 3 is 2.56 bits per heavy atom. The van der Waals surface area contributed by atoms with Crippen LogP contribution in [0.1, 0.15) is 26.0 Å². The number of furan rings is 1. The Labute approximate surface area is 113 Å². The van der Waals surface area contributed by atoms with Crippen LogP contribution in [0.15, 0.2) is 19.6 Å². The van der Waals surface area contributed by atoms with Crippen molar-refractivity contribution in [2.45, 2.75) is 32.9 Å². The predicted octanol–water partition coefficient (Wildman–Crippen LogP) is 3.30. The van der Waals surface area contributed by atoms with E-state index in [4.69, 9.17) is 4.42 Å². The third-order valence-corrected chi connectivity index (χ3v) is 3.95. The third-order valence-electron chi connectivity index (χ3n) is 2.24. The SMILES string of the molecule is CC(C)CC(CO)NCc1cc(Br)c(Br)o1. The molecule has 1 atom stereocenters. The van der Waals surface area contributed by atoms with Gasteiger partial charge in [-0.25, -0.2) is 0 Å². The highest BCUT2D eigenvalue weighted by Crippen LogP contribution is 2.26. The van der Waals surface area contributed by atoms with Gasteiger partial charge in [-0.2, -0.15) is 0 Å². The molecule has 0 spiro atoms. The maximum absolute atomic E-state index is 9.20. The summed E-state index contributed by atoms with van der Waals surface area (Å²) in [6, 6.07) is 2.05. The molecule has 2 N–H and O–H groups in total. The number of aliphatic hydroxyl groups is 1. The maximum Gasteiger partial charge on any atom is 0.183 e. The molecule has 1 aromatic heterocycles. The van der Waals surface area contributed by atoms with Crippen LogP contribution in [-0.2, 0) is 6.54 Å². The van der Waals surface area contributed by atoms with Crippen LogP contribution in [0.5, 0.6) is 0 Å². The van der Waals surface area contributed by atoms with E-state index in [0.29, 0.717) is 17.1 Å². The van der Waals surface area contributed by atoms with Crippen molar-refractivity contribution in [3.8, 4) is 0 Å². The number of rotatable bonds is 6. The van der Waals surface area contributed by atoms with Crippen molar-refractivity contribution in [3.63, 3.8) is 0 Å². The molecule has 0 amide bonds. The van der Waals surface area contributed by atoms with Gasteiger partial charge in [-0.1, -0.05) is 13.8 Å². The lowest BCUT2D eigenvalue weighted by Crippen LogP contribution is -2.33. The van der Waals surface area contributed by atoms with Crippen LogP contribution in [0.4, 0.5) is 0 Å². The Hall–Kier alpha value is 0.160. The van der Waals surface area contributed by atoms with E-state index in [0.717, 1.165) is 16.7 Å². The number of aliphatic hydroxyl groups excluding tert-OH is 1. The highest BCUT2D eigenvalue weighted by Gasteiger charge is 2.11. The monoisotopic (exact) mass is 353 g/mol. The molecule has 1 heterocycles. The number of hydrogen-bond donors (Lipinski definition) is 2. The molecule has 1 rings (SSSR count). The molecule has 1 aromatic rings. The van der Waals surface area contributed by atoms with Gasteiger partial charge in [0.1, 0.15) is 5.76 Å². The van der Waals surface area contributed by atoms with Crippen LogP contribution in [0.2, 0.25) is 0 Å². The van der Waals surface area contributed by atoms with Crippen LogP contribution in [0.3, 0.4) is 0 Å². The Morgan fingerprint density at radius 2 is 2.12 bits per heavy atom. The fourth-order valence-corrected chi connectivity index (χ4v) is 2.17. The fourth-order valence-electron chi connectivity index (χ4n) is 1.51. The summed E-state index contributed by atoms with van der Waals surface area (Å²) in [5, 5.41) is 12.5. The second-order valence-corrected chi connectivity index (χ2v) is 5.80. The summed E-state index contributed by atoms with van der Waals surface area (Å²) in [6.45, 7) is 5.07. The van der Waals surface area contributed by atoms with E-state index in [2.05, 4.69) is 51.0 Å². The maximum atomic E-state index is 9.20. The molecular weight excluding hydrogens is 338 g/mol.